The fraction of sp³-hybridized carbons (Fsp3) is 0.300. The Bertz CT molecular complexity index is 816. The third-order valence-corrected chi connectivity index (χ3v) is 4.10. The SMILES string of the molecule is CC1(C)Cc2cccc(OCC(=O)N[C@@H](C(=O)O)c3ccccc3)c2O1. The van der Waals surface area contributed by atoms with Gasteiger partial charge in [-0.2, -0.15) is 0 Å². The van der Waals surface area contributed by atoms with Gasteiger partial charge in [0.1, 0.15) is 5.60 Å². The van der Waals surface area contributed by atoms with Crippen LogP contribution >= 0.6 is 0 Å². The highest BCUT2D eigenvalue weighted by atomic mass is 16.5. The van der Waals surface area contributed by atoms with Crippen molar-refractivity contribution in [3.63, 3.8) is 0 Å². The van der Waals surface area contributed by atoms with Gasteiger partial charge in [0.05, 0.1) is 0 Å². The summed E-state index contributed by atoms with van der Waals surface area (Å²) in [6.07, 6.45) is 0.765. The topological polar surface area (TPSA) is 84.9 Å². The van der Waals surface area contributed by atoms with Crippen molar-refractivity contribution in [2.45, 2.75) is 31.9 Å². The number of benzene rings is 2. The van der Waals surface area contributed by atoms with Crippen LogP contribution in [-0.4, -0.2) is 29.2 Å². The number of nitrogens with one attached hydrogen (secondary N) is 1. The first-order valence-corrected chi connectivity index (χ1v) is 8.36. The zero-order valence-electron chi connectivity index (χ0n) is 14.7. The van der Waals surface area contributed by atoms with Crippen LogP contribution in [0.4, 0.5) is 0 Å². The summed E-state index contributed by atoms with van der Waals surface area (Å²) < 4.78 is 11.5. The van der Waals surface area contributed by atoms with E-state index >= 15 is 0 Å². The number of carboxylic acid groups (broad SMARTS) is 1. The maximum atomic E-state index is 12.2. The zero-order valence-corrected chi connectivity index (χ0v) is 14.7. The van der Waals surface area contributed by atoms with E-state index in [1.165, 1.54) is 0 Å². The van der Waals surface area contributed by atoms with Crippen LogP contribution in [0, 0.1) is 0 Å². The predicted molar refractivity (Wildman–Crippen MR) is 95.3 cm³/mol. The molecule has 26 heavy (non-hydrogen) atoms. The number of fused-ring (bicyclic) bond motifs is 1. The Morgan fingerprint density at radius 2 is 1.92 bits per heavy atom. The number of rotatable bonds is 6. The summed E-state index contributed by atoms with van der Waals surface area (Å²) in [5.74, 6) is -0.524. The van der Waals surface area contributed by atoms with Crippen LogP contribution in [0.2, 0.25) is 0 Å². The Hall–Kier alpha value is -3.02. The highest BCUT2D eigenvalue weighted by molar-refractivity contribution is 5.85. The fourth-order valence-electron chi connectivity index (χ4n) is 2.98. The first-order valence-electron chi connectivity index (χ1n) is 8.36. The second-order valence-electron chi connectivity index (χ2n) is 6.82. The summed E-state index contributed by atoms with van der Waals surface area (Å²) in [7, 11) is 0. The third kappa shape index (κ3) is 3.96. The molecule has 0 fully saturated rings. The minimum atomic E-state index is -1.13. The lowest BCUT2D eigenvalue weighted by atomic mass is 10.0. The molecule has 2 aromatic carbocycles. The van der Waals surface area contributed by atoms with Crippen molar-refractivity contribution in [1.82, 2.24) is 5.32 Å². The van der Waals surface area contributed by atoms with Crippen molar-refractivity contribution < 1.29 is 24.2 Å². The highest BCUT2D eigenvalue weighted by Gasteiger charge is 2.32. The minimum absolute atomic E-state index is 0.295. The van der Waals surface area contributed by atoms with Crippen LogP contribution in [0.15, 0.2) is 48.5 Å². The molecule has 0 radical (unpaired) electrons. The van der Waals surface area contributed by atoms with Crippen molar-refractivity contribution in [3.8, 4) is 11.5 Å². The molecule has 6 nitrogen and oxygen atoms in total. The van der Waals surface area contributed by atoms with Gasteiger partial charge in [-0.1, -0.05) is 42.5 Å². The molecule has 0 saturated carbocycles. The number of hydrogen-bond acceptors (Lipinski definition) is 4. The molecule has 0 saturated heterocycles. The molecule has 3 rings (SSSR count). The van der Waals surface area contributed by atoms with Crippen molar-refractivity contribution in [2.75, 3.05) is 6.61 Å². The number of hydrogen-bond donors (Lipinski definition) is 2. The second kappa shape index (κ2) is 7.07. The van der Waals surface area contributed by atoms with Gasteiger partial charge in [-0.15, -0.1) is 0 Å². The standard InChI is InChI=1S/C20H21NO5/c1-20(2)11-14-9-6-10-15(18(14)26-20)25-12-16(22)21-17(19(23)24)13-7-4-3-5-8-13/h3-10,17H,11-12H2,1-2H3,(H,21,22)(H,23,24)/t17-/m1/s1. The van der Waals surface area contributed by atoms with E-state index in [4.69, 9.17) is 9.47 Å². The quantitative estimate of drug-likeness (QED) is 0.832. The largest absolute Gasteiger partial charge is 0.483 e. The van der Waals surface area contributed by atoms with E-state index in [1.807, 2.05) is 26.0 Å². The van der Waals surface area contributed by atoms with Gasteiger partial charge in [-0.25, -0.2) is 4.79 Å². The number of aliphatic carboxylic acids is 1. The molecule has 0 aliphatic carbocycles. The van der Waals surface area contributed by atoms with Gasteiger partial charge >= 0.3 is 5.97 Å². The third-order valence-electron chi connectivity index (χ3n) is 4.10. The summed E-state index contributed by atoms with van der Waals surface area (Å²) >= 11 is 0. The maximum absolute atomic E-state index is 12.2. The molecule has 6 heteroatoms. The molecule has 1 atom stereocenters. The lowest BCUT2D eigenvalue weighted by Crippen LogP contribution is -2.36. The number of carboxylic acids is 1. The van der Waals surface area contributed by atoms with E-state index in [9.17, 15) is 14.7 Å². The smallest absolute Gasteiger partial charge is 0.330 e. The lowest BCUT2D eigenvalue weighted by Gasteiger charge is -2.18. The van der Waals surface area contributed by atoms with E-state index < -0.39 is 17.9 Å². The molecular formula is C20H21NO5. The van der Waals surface area contributed by atoms with Crippen LogP contribution in [0.5, 0.6) is 11.5 Å². The van der Waals surface area contributed by atoms with Gasteiger partial charge in [0.15, 0.2) is 24.1 Å². The number of para-hydroxylation sites is 1. The first-order chi connectivity index (χ1) is 12.4. The summed E-state index contributed by atoms with van der Waals surface area (Å²) in [5.41, 5.74) is 1.21. The molecule has 1 heterocycles. The minimum Gasteiger partial charge on any atom is -0.483 e. The molecular weight excluding hydrogens is 334 g/mol. The number of ether oxygens (including phenoxy) is 2. The average molecular weight is 355 g/mol. The van der Waals surface area contributed by atoms with Crippen LogP contribution in [0.1, 0.15) is 31.0 Å². The van der Waals surface area contributed by atoms with E-state index in [0.717, 1.165) is 12.0 Å². The van der Waals surface area contributed by atoms with E-state index in [-0.39, 0.29) is 12.2 Å². The Kier molecular flexibility index (Phi) is 4.84. The van der Waals surface area contributed by atoms with Gasteiger partial charge in [0.2, 0.25) is 0 Å². The molecule has 1 aliphatic heterocycles. The van der Waals surface area contributed by atoms with Crippen molar-refractivity contribution in [1.29, 1.82) is 0 Å². The van der Waals surface area contributed by atoms with E-state index in [0.29, 0.717) is 17.1 Å². The van der Waals surface area contributed by atoms with Gasteiger partial charge in [-0.3, -0.25) is 4.79 Å². The summed E-state index contributed by atoms with van der Waals surface area (Å²) in [5, 5.41) is 11.9. The average Bonchev–Trinajstić information content (AvgIpc) is 2.92. The Labute approximate surface area is 151 Å². The normalized spacial score (nSPS) is 15.5. The Balaban J connectivity index is 1.65. The molecule has 2 N–H and O–H groups in total. The van der Waals surface area contributed by atoms with E-state index in [1.54, 1.807) is 36.4 Å². The molecule has 0 spiro atoms. The number of carbonyl (C=O) groups is 2. The first kappa shape index (κ1) is 17.8. The summed E-state index contributed by atoms with van der Waals surface area (Å²) in [4.78, 5) is 23.7. The second-order valence-corrected chi connectivity index (χ2v) is 6.82. The predicted octanol–water partition coefficient (Wildman–Crippen LogP) is 2.72. The molecule has 0 bridgehead atoms. The van der Waals surface area contributed by atoms with E-state index in [2.05, 4.69) is 5.32 Å². The highest BCUT2D eigenvalue weighted by Crippen LogP contribution is 2.41. The molecule has 0 aromatic heterocycles. The number of amides is 1. The molecule has 1 amide bonds. The Morgan fingerprint density at radius 3 is 2.62 bits per heavy atom. The monoisotopic (exact) mass is 355 g/mol. The van der Waals surface area contributed by atoms with Crippen molar-refractivity contribution >= 4 is 11.9 Å². The fourth-order valence-corrected chi connectivity index (χ4v) is 2.98. The van der Waals surface area contributed by atoms with Crippen LogP contribution in [-0.2, 0) is 16.0 Å². The molecule has 1 aliphatic rings. The lowest BCUT2D eigenvalue weighted by molar-refractivity contribution is -0.142. The van der Waals surface area contributed by atoms with Gasteiger partial charge < -0.3 is 19.9 Å². The van der Waals surface area contributed by atoms with Crippen LogP contribution in [0.25, 0.3) is 0 Å². The molecule has 2 aromatic rings. The molecule has 136 valence electrons. The number of carbonyl (C=O) groups excluding carboxylic acids is 1. The maximum Gasteiger partial charge on any atom is 0.330 e. The van der Waals surface area contributed by atoms with Crippen LogP contribution in [0.3, 0.4) is 0 Å². The Morgan fingerprint density at radius 1 is 1.19 bits per heavy atom. The van der Waals surface area contributed by atoms with Crippen molar-refractivity contribution in [3.05, 3.63) is 59.7 Å². The van der Waals surface area contributed by atoms with Crippen LogP contribution < -0.4 is 14.8 Å². The zero-order chi connectivity index (χ0) is 18.7. The van der Waals surface area contributed by atoms with Gasteiger partial charge in [0.25, 0.3) is 5.91 Å². The summed E-state index contributed by atoms with van der Waals surface area (Å²) in [6.45, 7) is 3.68. The summed E-state index contributed by atoms with van der Waals surface area (Å²) in [6, 6.07) is 13.0. The van der Waals surface area contributed by atoms with Crippen molar-refractivity contribution in [2.24, 2.45) is 0 Å². The van der Waals surface area contributed by atoms with Gasteiger partial charge in [0, 0.05) is 12.0 Å². The molecule has 0 unspecified atom stereocenters. The van der Waals surface area contributed by atoms with Gasteiger partial charge in [-0.05, 0) is 25.5 Å².